The van der Waals surface area contributed by atoms with Crippen LogP contribution in [-0.2, 0) is 0 Å². The zero-order chi connectivity index (χ0) is 13.8. The first-order valence-electron chi connectivity index (χ1n) is 6.19. The maximum Gasteiger partial charge on any atom is 0.329 e. The standard InChI is InChI=1S/C12H15N5O2/c1-2-5-16(10-7-14-8-10)12-11(17(18)19)9(6-13)3-4-15-12/h3-4,10,14H,2,5,7-8H2,1H3. The lowest BCUT2D eigenvalue weighted by molar-refractivity contribution is -0.384. The molecule has 7 heteroatoms. The Kier molecular flexibility index (Phi) is 3.92. The van der Waals surface area contributed by atoms with Crippen molar-refractivity contribution < 1.29 is 4.92 Å². The molecule has 1 aliphatic rings. The number of nitro groups is 1. The topological polar surface area (TPSA) is 95.1 Å². The number of rotatable bonds is 5. The van der Waals surface area contributed by atoms with E-state index in [-0.39, 0.29) is 17.3 Å². The summed E-state index contributed by atoms with van der Waals surface area (Å²) < 4.78 is 0. The highest BCUT2D eigenvalue weighted by Gasteiger charge is 2.32. The minimum atomic E-state index is -0.518. The van der Waals surface area contributed by atoms with Gasteiger partial charge in [0.2, 0.25) is 5.82 Å². The van der Waals surface area contributed by atoms with Gasteiger partial charge in [0.1, 0.15) is 11.6 Å². The molecule has 1 aromatic heterocycles. The first-order valence-corrected chi connectivity index (χ1v) is 6.19. The van der Waals surface area contributed by atoms with Crippen molar-refractivity contribution in [1.29, 1.82) is 5.26 Å². The van der Waals surface area contributed by atoms with E-state index in [0.29, 0.717) is 12.4 Å². The third-order valence-electron chi connectivity index (χ3n) is 3.15. The van der Waals surface area contributed by atoms with Crippen LogP contribution in [0.1, 0.15) is 18.9 Å². The number of anilines is 1. The van der Waals surface area contributed by atoms with Crippen LogP contribution in [0.15, 0.2) is 12.3 Å². The maximum absolute atomic E-state index is 11.2. The lowest BCUT2D eigenvalue weighted by atomic mass is 10.1. The van der Waals surface area contributed by atoms with Gasteiger partial charge < -0.3 is 10.2 Å². The van der Waals surface area contributed by atoms with E-state index in [1.165, 1.54) is 12.3 Å². The van der Waals surface area contributed by atoms with Crippen molar-refractivity contribution >= 4 is 11.5 Å². The van der Waals surface area contributed by atoms with Crippen LogP contribution in [0.25, 0.3) is 0 Å². The molecule has 7 nitrogen and oxygen atoms in total. The second kappa shape index (κ2) is 5.63. The van der Waals surface area contributed by atoms with Gasteiger partial charge in [0.05, 0.1) is 11.0 Å². The predicted octanol–water partition coefficient (Wildman–Crippen LogP) is 1.05. The van der Waals surface area contributed by atoms with Crippen LogP contribution in [0.4, 0.5) is 11.5 Å². The molecule has 0 amide bonds. The van der Waals surface area contributed by atoms with E-state index in [2.05, 4.69) is 10.3 Å². The van der Waals surface area contributed by atoms with Crippen molar-refractivity contribution in [3.05, 3.63) is 27.9 Å². The summed E-state index contributed by atoms with van der Waals surface area (Å²) in [7, 11) is 0. The zero-order valence-corrected chi connectivity index (χ0v) is 10.7. The summed E-state index contributed by atoms with van der Waals surface area (Å²) in [6.07, 6.45) is 2.32. The number of hydrogen-bond acceptors (Lipinski definition) is 6. The predicted molar refractivity (Wildman–Crippen MR) is 69.9 cm³/mol. The van der Waals surface area contributed by atoms with E-state index in [9.17, 15) is 10.1 Å². The Balaban J connectivity index is 2.46. The molecule has 2 heterocycles. The van der Waals surface area contributed by atoms with Gasteiger partial charge in [-0.25, -0.2) is 4.98 Å². The molecule has 0 unspecified atom stereocenters. The molecule has 1 saturated heterocycles. The normalized spacial score (nSPS) is 14.5. The SMILES string of the molecule is CCCN(c1nccc(C#N)c1[N+](=O)[O-])C1CNC1. The fourth-order valence-corrected chi connectivity index (χ4v) is 2.12. The van der Waals surface area contributed by atoms with E-state index in [0.717, 1.165) is 19.5 Å². The fraction of sp³-hybridized carbons (Fsp3) is 0.500. The highest BCUT2D eigenvalue weighted by atomic mass is 16.6. The molecule has 0 aromatic carbocycles. The van der Waals surface area contributed by atoms with Crippen LogP contribution in [0.5, 0.6) is 0 Å². The minimum Gasteiger partial charge on any atom is -0.345 e. The Morgan fingerprint density at radius 1 is 1.68 bits per heavy atom. The molecule has 0 radical (unpaired) electrons. The average Bonchev–Trinajstić information content (AvgIpc) is 2.35. The number of pyridine rings is 1. The Bertz CT molecular complexity index is 521. The first kappa shape index (κ1) is 13.2. The van der Waals surface area contributed by atoms with Crippen LogP contribution in [-0.4, -0.2) is 35.6 Å². The molecule has 1 aromatic rings. The Morgan fingerprint density at radius 2 is 2.42 bits per heavy atom. The van der Waals surface area contributed by atoms with E-state index in [4.69, 9.17) is 5.26 Å². The number of aromatic nitrogens is 1. The number of nitriles is 1. The smallest absolute Gasteiger partial charge is 0.329 e. The molecule has 1 aliphatic heterocycles. The van der Waals surface area contributed by atoms with Gasteiger partial charge in [-0.15, -0.1) is 0 Å². The third-order valence-corrected chi connectivity index (χ3v) is 3.15. The highest BCUT2D eigenvalue weighted by Crippen LogP contribution is 2.31. The van der Waals surface area contributed by atoms with Gasteiger partial charge >= 0.3 is 5.69 Å². The van der Waals surface area contributed by atoms with Crippen molar-refractivity contribution in [3.63, 3.8) is 0 Å². The van der Waals surface area contributed by atoms with Crippen molar-refractivity contribution in [2.45, 2.75) is 19.4 Å². The summed E-state index contributed by atoms with van der Waals surface area (Å²) in [4.78, 5) is 16.8. The molecule has 100 valence electrons. The molecule has 0 aliphatic carbocycles. The molecular weight excluding hydrogens is 246 g/mol. The van der Waals surface area contributed by atoms with Gasteiger partial charge in [0, 0.05) is 25.8 Å². The largest absolute Gasteiger partial charge is 0.345 e. The van der Waals surface area contributed by atoms with Gasteiger partial charge in [-0.1, -0.05) is 6.92 Å². The second-order valence-electron chi connectivity index (χ2n) is 4.41. The summed E-state index contributed by atoms with van der Waals surface area (Å²) in [6, 6.07) is 3.45. The Morgan fingerprint density at radius 3 is 2.89 bits per heavy atom. The molecular formula is C12H15N5O2. The summed E-state index contributed by atoms with van der Waals surface area (Å²) in [6.45, 7) is 4.28. The zero-order valence-electron chi connectivity index (χ0n) is 10.7. The van der Waals surface area contributed by atoms with Crippen LogP contribution < -0.4 is 10.2 Å². The second-order valence-corrected chi connectivity index (χ2v) is 4.41. The molecule has 1 fully saturated rings. The monoisotopic (exact) mass is 261 g/mol. The van der Waals surface area contributed by atoms with E-state index >= 15 is 0 Å². The van der Waals surface area contributed by atoms with Crippen LogP contribution in [0.2, 0.25) is 0 Å². The highest BCUT2D eigenvalue weighted by molar-refractivity contribution is 5.66. The summed E-state index contributed by atoms with van der Waals surface area (Å²) in [5, 5.41) is 23.4. The molecule has 19 heavy (non-hydrogen) atoms. The number of nitrogens with one attached hydrogen (secondary N) is 1. The van der Waals surface area contributed by atoms with E-state index < -0.39 is 4.92 Å². The van der Waals surface area contributed by atoms with E-state index in [1.807, 2.05) is 17.9 Å². The Hall–Kier alpha value is -2.20. The van der Waals surface area contributed by atoms with Crippen molar-refractivity contribution in [2.75, 3.05) is 24.5 Å². The maximum atomic E-state index is 11.2. The van der Waals surface area contributed by atoms with Crippen LogP contribution in [0.3, 0.4) is 0 Å². The van der Waals surface area contributed by atoms with Crippen molar-refractivity contribution in [2.24, 2.45) is 0 Å². The molecule has 2 rings (SSSR count). The van der Waals surface area contributed by atoms with Gasteiger partial charge in [-0.2, -0.15) is 5.26 Å². The number of hydrogen-bond donors (Lipinski definition) is 1. The van der Waals surface area contributed by atoms with Crippen LogP contribution >= 0.6 is 0 Å². The summed E-state index contributed by atoms with van der Waals surface area (Å²) >= 11 is 0. The fourth-order valence-electron chi connectivity index (χ4n) is 2.12. The van der Waals surface area contributed by atoms with Gasteiger partial charge in [-0.3, -0.25) is 10.1 Å². The molecule has 0 atom stereocenters. The number of nitrogens with zero attached hydrogens (tertiary/aromatic N) is 4. The summed E-state index contributed by atoms with van der Waals surface area (Å²) in [5.41, 5.74) is -0.131. The lowest BCUT2D eigenvalue weighted by Gasteiger charge is -2.38. The van der Waals surface area contributed by atoms with Gasteiger partial charge in [0.15, 0.2) is 0 Å². The molecule has 0 spiro atoms. The van der Waals surface area contributed by atoms with Gasteiger partial charge in [0.25, 0.3) is 0 Å². The Labute approximate surface area is 111 Å². The quantitative estimate of drug-likeness (QED) is 0.628. The summed E-state index contributed by atoms with van der Waals surface area (Å²) in [5.74, 6) is 0.303. The first-order chi connectivity index (χ1) is 9.19. The molecule has 0 bridgehead atoms. The van der Waals surface area contributed by atoms with E-state index in [1.54, 1.807) is 0 Å². The third kappa shape index (κ3) is 2.48. The minimum absolute atomic E-state index is 0.0587. The molecule has 0 saturated carbocycles. The lowest BCUT2D eigenvalue weighted by Crippen LogP contribution is -2.58. The van der Waals surface area contributed by atoms with Crippen molar-refractivity contribution in [3.8, 4) is 6.07 Å². The van der Waals surface area contributed by atoms with Crippen LogP contribution in [0, 0.1) is 21.4 Å². The average molecular weight is 261 g/mol. The van der Waals surface area contributed by atoms with Gasteiger partial charge in [-0.05, 0) is 12.5 Å². The van der Waals surface area contributed by atoms with Crippen molar-refractivity contribution in [1.82, 2.24) is 10.3 Å². The molecule has 1 N–H and O–H groups in total.